The molecule has 0 aliphatic carbocycles. The van der Waals surface area contributed by atoms with Crippen LogP contribution in [0.4, 0.5) is 4.79 Å². The van der Waals surface area contributed by atoms with E-state index in [1.54, 1.807) is 14.0 Å². The lowest BCUT2D eigenvalue weighted by atomic mass is 10.0. The van der Waals surface area contributed by atoms with E-state index in [1.807, 2.05) is 0 Å². The van der Waals surface area contributed by atoms with Gasteiger partial charge in [-0.2, -0.15) is 0 Å². The Labute approximate surface area is 124 Å². The van der Waals surface area contributed by atoms with Crippen LogP contribution in [0.15, 0.2) is 0 Å². The highest BCUT2D eigenvalue weighted by atomic mass is 16.5. The van der Waals surface area contributed by atoms with Crippen LogP contribution in [-0.2, 0) is 14.3 Å². The first kappa shape index (κ1) is 17.4. The van der Waals surface area contributed by atoms with Gasteiger partial charge in [0, 0.05) is 39.0 Å². The number of urea groups is 1. The molecule has 2 unspecified atom stereocenters. The summed E-state index contributed by atoms with van der Waals surface area (Å²) < 4.78 is 5.35. The van der Waals surface area contributed by atoms with E-state index >= 15 is 0 Å². The highest BCUT2D eigenvalue weighted by Crippen LogP contribution is 2.14. The van der Waals surface area contributed by atoms with Crippen molar-refractivity contribution in [1.82, 2.24) is 10.2 Å². The first-order valence-electron chi connectivity index (χ1n) is 7.23. The maximum Gasteiger partial charge on any atom is 0.323 e. The lowest BCUT2D eigenvalue weighted by molar-refractivity contribution is -0.138. The summed E-state index contributed by atoms with van der Waals surface area (Å²) in [7, 11) is 1.64. The van der Waals surface area contributed by atoms with Crippen LogP contribution >= 0.6 is 0 Å². The maximum atomic E-state index is 11.9. The molecule has 2 atom stereocenters. The fourth-order valence-electron chi connectivity index (χ4n) is 2.37. The first-order chi connectivity index (χ1) is 9.88. The number of nitrogens with one attached hydrogen (secondary N) is 1. The minimum atomic E-state index is -0.948. The Hall–Kier alpha value is -1.63. The number of carboxylic acids is 1. The zero-order valence-electron chi connectivity index (χ0n) is 12.6. The molecule has 7 heteroatoms. The van der Waals surface area contributed by atoms with Gasteiger partial charge in [-0.25, -0.2) is 4.79 Å². The molecule has 2 N–H and O–H groups in total. The quantitative estimate of drug-likeness (QED) is 0.765. The minimum absolute atomic E-state index is 0.0262. The molecule has 120 valence electrons. The first-order valence-corrected chi connectivity index (χ1v) is 7.23. The average Bonchev–Trinajstić information content (AvgIpc) is 2.38. The Morgan fingerprint density at radius 3 is 2.67 bits per heavy atom. The van der Waals surface area contributed by atoms with Gasteiger partial charge in [0.15, 0.2) is 0 Å². The number of imide groups is 1. The number of hydrogen-bond donors (Lipinski definition) is 2. The van der Waals surface area contributed by atoms with E-state index in [0.717, 1.165) is 19.4 Å². The van der Waals surface area contributed by atoms with E-state index in [4.69, 9.17) is 9.84 Å². The Bertz CT molecular complexity index is 380. The van der Waals surface area contributed by atoms with Crippen molar-refractivity contribution >= 4 is 17.9 Å². The Balaban J connectivity index is 2.30. The van der Waals surface area contributed by atoms with Crippen molar-refractivity contribution in [3.63, 3.8) is 0 Å². The average molecular weight is 300 g/mol. The fraction of sp³-hybridized carbons (Fsp3) is 0.786. The van der Waals surface area contributed by atoms with E-state index in [0.29, 0.717) is 19.1 Å². The predicted molar refractivity (Wildman–Crippen MR) is 75.7 cm³/mol. The smallest absolute Gasteiger partial charge is 0.323 e. The third kappa shape index (κ3) is 7.08. The summed E-state index contributed by atoms with van der Waals surface area (Å²) in [5, 5.41) is 10.9. The lowest BCUT2D eigenvalue weighted by Gasteiger charge is -2.27. The number of carbonyl (C=O) groups is 3. The van der Waals surface area contributed by atoms with E-state index in [9.17, 15) is 14.4 Å². The van der Waals surface area contributed by atoms with Crippen LogP contribution in [0.1, 0.15) is 32.6 Å². The molecule has 21 heavy (non-hydrogen) atoms. The summed E-state index contributed by atoms with van der Waals surface area (Å²) in [6.45, 7) is 3.62. The number of ether oxygens (including phenoxy) is 1. The van der Waals surface area contributed by atoms with Gasteiger partial charge >= 0.3 is 12.0 Å². The van der Waals surface area contributed by atoms with E-state index in [2.05, 4.69) is 5.32 Å². The highest BCUT2D eigenvalue weighted by Gasteiger charge is 2.20. The van der Waals surface area contributed by atoms with Crippen LogP contribution in [0.2, 0.25) is 0 Å². The molecule has 1 fully saturated rings. The van der Waals surface area contributed by atoms with E-state index < -0.39 is 17.9 Å². The summed E-state index contributed by atoms with van der Waals surface area (Å²) in [4.78, 5) is 35.5. The van der Waals surface area contributed by atoms with Crippen molar-refractivity contribution in [3.8, 4) is 0 Å². The van der Waals surface area contributed by atoms with Crippen LogP contribution in [-0.4, -0.2) is 54.7 Å². The minimum Gasteiger partial charge on any atom is -0.481 e. The predicted octanol–water partition coefficient (Wildman–Crippen LogP) is 1.08. The molecule has 7 nitrogen and oxygen atoms in total. The van der Waals surface area contributed by atoms with Crippen molar-refractivity contribution in [2.75, 3.05) is 26.8 Å². The van der Waals surface area contributed by atoms with Gasteiger partial charge in [-0.3, -0.25) is 14.9 Å². The van der Waals surface area contributed by atoms with Crippen LogP contribution in [0, 0.1) is 11.8 Å². The molecule has 0 saturated carbocycles. The molecule has 3 amide bonds. The second kappa shape index (κ2) is 8.61. The number of hydrogen-bond acceptors (Lipinski definition) is 4. The molecule has 0 spiro atoms. The Morgan fingerprint density at radius 2 is 2.10 bits per heavy atom. The van der Waals surface area contributed by atoms with Gasteiger partial charge in [0.1, 0.15) is 0 Å². The number of amides is 3. The van der Waals surface area contributed by atoms with Crippen LogP contribution in [0.5, 0.6) is 0 Å². The molecule has 1 heterocycles. The number of carboxylic acid groups (broad SMARTS) is 1. The Morgan fingerprint density at radius 1 is 1.38 bits per heavy atom. The standard InChI is InChI=1S/C14H24N2O5/c1-10(7-13(18)19)6-12(17)15-14(20)16(2)8-11-4-3-5-21-9-11/h10-11H,3-9H2,1-2H3,(H,18,19)(H,15,17,20). The van der Waals surface area contributed by atoms with Crippen LogP contribution in [0.3, 0.4) is 0 Å². The van der Waals surface area contributed by atoms with Gasteiger partial charge in [0.2, 0.25) is 5.91 Å². The van der Waals surface area contributed by atoms with Crippen molar-refractivity contribution in [2.24, 2.45) is 11.8 Å². The molecule has 1 aliphatic heterocycles. The van der Waals surface area contributed by atoms with E-state index in [1.165, 1.54) is 4.90 Å². The number of aliphatic carboxylic acids is 1. The molecule has 0 aromatic rings. The zero-order valence-corrected chi connectivity index (χ0v) is 12.6. The summed E-state index contributed by atoms with van der Waals surface area (Å²) in [5.74, 6) is -1.39. The molecule has 1 saturated heterocycles. The summed E-state index contributed by atoms with van der Waals surface area (Å²) >= 11 is 0. The SMILES string of the molecule is CC(CC(=O)O)CC(=O)NC(=O)N(C)CC1CCCOC1. The van der Waals surface area contributed by atoms with Crippen LogP contribution in [0.25, 0.3) is 0 Å². The van der Waals surface area contributed by atoms with Crippen molar-refractivity contribution in [3.05, 3.63) is 0 Å². The number of rotatable bonds is 6. The van der Waals surface area contributed by atoms with Gasteiger partial charge in [-0.05, 0) is 18.8 Å². The normalized spacial score (nSPS) is 19.6. The third-order valence-electron chi connectivity index (χ3n) is 3.44. The molecule has 0 bridgehead atoms. The maximum absolute atomic E-state index is 11.9. The third-order valence-corrected chi connectivity index (χ3v) is 3.44. The second-order valence-electron chi connectivity index (χ2n) is 5.72. The van der Waals surface area contributed by atoms with E-state index in [-0.39, 0.29) is 18.8 Å². The molecular formula is C14H24N2O5. The van der Waals surface area contributed by atoms with Gasteiger partial charge in [-0.1, -0.05) is 6.92 Å². The largest absolute Gasteiger partial charge is 0.481 e. The summed E-state index contributed by atoms with van der Waals surface area (Å²) in [5.41, 5.74) is 0. The van der Waals surface area contributed by atoms with Crippen molar-refractivity contribution in [2.45, 2.75) is 32.6 Å². The monoisotopic (exact) mass is 300 g/mol. The fourth-order valence-corrected chi connectivity index (χ4v) is 2.37. The Kier molecular flexibility index (Phi) is 7.14. The molecule has 0 aromatic carbocycles. The number of carbonyl (C=O) groups excluding carboxylic acids is 2. The zero-order chi connectivity index (χ0) is 15.8. The summed E-state index contributed by atoms with van der Waals surface area (Å²) in [6, 6.07) is -0.451. The number of nitrogens with zero attached hydrogens (tertiary/aromatic N) is 1. The van der Waals surface area contributed by atoms with Gasteiger partial charge in [-0.15, -0.1) is 0 Å². The molecule has 1 aliphatic rings. The molecular weight excluding hydrogens is 276 g/mol. The second-order valence-corrected chi connectivity index (χ2v) is 5.72. The van der Waals surface area contributed by atoms with Gasteiger partial charge in [0.25, 0.3) is 0 Å². The highest BCUT2D eigenvalue weighted by molar-refractivity contribution is 5.94. The summed E-state index contributed by atoms with van der Waals surface area (Å²) in [6.07, 6.45) is 1.95. The van der Waals surface area contributed by atoms with Crippen LogP contribution < -0.4 is 5.32 Å². The van der Waals surface area contributed by atoms with Crippen molar-refractivity contribution < 1.29 is 24.2 Å². The van der Waals surface area contributed by atoms with Crippen molar-refractivity contribution in [1.29, 1.82) is 0 Å². The molecule has 0 aromatic heterocycles. The lowest BCUT2D eigenvalue weighted by Crippen LogP contribution is -2.44. The van der Waals surface area contributed by atoms with Gasteiger partial charge in [0.05, 0.1) is 6.61 Å². The molecule has 1 rings (SSSR count). The molecule has 0 radical (unpaired) electrons. The topological polar surface area (TPSA) is 95.9 Å². The van der Waals surface area contributed by atoms with Gasteiger partial charge < -0.3 is 14.7 Å².